The molecule has 32 heavy (non-hydrogen) atoms. The van der Waals surface area contributed by atoms with Crippen LogP contribution in [-0.2, 0) is 15.1 Å². The van der Waals surface area contributed by atoms with Gasteiger partial charge in [-0.1, -0.05) is 24.3 Å². The van der Waals surface area contributed by atoms with Crippen LogP contribution in [0.2, 0.25) is 0 Å². The standard InChI is InChI=1S/C25H25NO6/c1-29-16-32-22-12-6-18(7-13-22)25(28)23(17-4-10-20(30-2)11-5-17)26(24(25)27)19-8-14-21(31-3)15-9-19/h4-15,23,28H,16H2,1-3H3/t23-,25?/m0/s1. The number of rotatable bonds is 8. The first kappa shape index (κ1) is 21.7. The van der Waals surface area contributed by atoms with Crippen molar-refractivity contribution in [1.82, 2.24) is 0 Å². The van der Waals surface area contributed by atoms with Crippen molar-refractivity contribution < 1.29 is 28.8 Å². The molecule has 1 unspecified atom stereocenters. The zero-order chi connectivity index (χ0) is 22.7. The van der Waals surface area contributed by atoms with E-state index in [-0.39, 0.29) is 6.79 Å². The van der Waals surface area contributed by atoms with E-state index in [9.17, 15) is 9.90 Å². The molecule has 0 saturated carbocycles. The Bertz CT molecular complexity index is 1070. The van der Waals surface area contributed by atoms with Gasteiger partial charge in [-0.15, -0.1) is 0 Å². The lowest BCUT2D eigenvalue weighted by Gasteiger charge is -2.53. The fraction of sp³-hybridized carbons (Fsp3) is 0.240. The summed E-state index contributed by atoms with van der Waals surface area (Å²) in [6.07, 6.45) is 0. The molecule has 1 fully saturated rings. The van der Waals surface area contributed by atoms with Crippen LogP contribution in [-0.4, -0.2) is 39.1 Å². The molecule has 0 aromatic heterocycles. The minimum atomic E-state index is -1.73. The molecule has 4 rings (SSSR count). The summed E-state index contributed by atoms with van der Waals surface area (Å²) in [7, 11) is 4.72. The van der Waals surface area contributed by atoms with Crippen molar-refractivity contribution in [1.29, 1.82) is 0 Å². The van der Waals surface area contributed by atoms with Crippen LogP contribution in [0, 0.1) is 0 Å². The topological polar surface area (TPSA) is 77.5 Å². The van der Waals surface area contributed by atoms with Crippen molar-refractivity contribution in [2.24, 2.45) is 0 Å². The molecule has 7 nitrogen and oxygen atoms in total. The van der Waals surface area contributed by atoms with Crippen molar-refractivity contribution in [3.05, 3.63) is 83.9 Å². The summed E-state index contributed by atoms with van der Waals surface area (Å²) in [4.78, 5) is 15.0. The van der Waals surface area contributed by atoms with Gasteiger partial charge in [0, 0.05) is 12.8 Å². The van der Waals surface area contributed by atoms with Crippen LogP contribution in [0.5, 0.6) is 17.2 Å². The largest absolute Gasteiger partial charge is 0.497 e. The van der Waals surface area contributed by atoms with Gasteiger partial charge >= 0.3 is 0 Å². The van der Waals surface area contributed by atoms with Crippen LogP contribution in [0.4, 0.5) is 5.69 Å². The van der Waals surface area contributed by atoms with E-state index < -0.39 is 17.6 Å². The van der Waals surface area contributed by atoms with E-state index in [2.05, 4.69) is 0 Å². The monoisotopic (exact) mass is 435 g/mol. The van der Waals surface area contributed by atoms with E-state index in [1.165, 1.54) is 7.11 Å². The molecule has 2 atom stereocenters. The molecule has 0 spiro atoms. The molecule has 3 aromatic carbocycles. The van der Waals surface area contributed by atoms with Crippen molar-refractivity contribution in [3.8, 4) is 17.2 Å². The highest BCUT2D eigenvalue weighted by Crippen LogP contribution is 2.52. The van der Waals surface area contributed by atoms with E-state index >= 15 is 0 Å². The molecule has 0 aliphatic carbocycles. The second-order valence-electron chi connectivity index (χ2n) is 7.39. The number of ether oxygens (including phenoxy) is 4. The van der Waals surface area contributed by atoms with E-state index in [1.807, 2.05) is 24.3 Å². The van der Waals surface area contributed by atoms with Crippen molar-refractivity contribution >= 4 is 11.6 Å². The maximum atomic E-state index is 13.4. The number of β-lactam (4-membered cyclic amide) rings is 1. The number of aliphatic hydroxyl groups is 1. The van der Waals surface area contributed by atoms with Crippen LogP contribution >= 0.6 is 0 Å². The van der Waals surface area contributed by atoms with Gasteiger partial charge in [-0.2, -0.15) is 0 Å². The molecular weight excluding hydrogens is 410 g/mol. The Kier molecular flexibility index (Phi) is 6.03. The van der Waals surface area contributed by atoms with Gasteiger partial charge in [-0.05, 0) is 59.7 Å². The summed E-state index contributed by atoms with van der Waals surface area (Å²) in [6.45, 7) is 0.113. The molecule has 1 aliphatic rings. The van der Waals surface area contributed by atoms with Crippen LogP contribution in [0.25, 0.3) is 0 Å². The minimum Gasteiger partial charge on any atom is -0.497 e. The molecule has 1 amide bonds. The quantitative estimate of drug-likeness (QED) is 0.430. The summed E-state index contributed by atoms with van der Waals surface area (Å²) in [5.41, 5.74) is 0.205. The number of benzene rings is 3. The van der Waals surface area contributed by atoms with Gasteiger partial charge in [0.15, 0.2) is 12.4 Å². The van der Waals surface area contributed by atoms with Crippen LogP contribution in [0.3, 0.4) is 0 Å². The Morgan fingerprint density at radius 3 is 1.88 bits per heavy atom. The summed E-state index contributed by atoms with van der Waals surface area (Å²) in [6, 6.07) is 20.7. The Morgan fingerprint density at radius 1 is 0.812 bits per heavy atom. The Balaban J connectivity index is 1.73. The summed E-state index contributed by atoms with van der Waals surface area (Å²) < 4.78 is 20.8. The number of anilines is 1. The molecule has 0 bridgehead atoms. The highest BCUT2D eigenvalue weighted by molar-refractivity contribution is 6.08. The minimum absolute atomic E-state index is 0.113. The molecule has 3 aromatic rings. The third-order valence-corrected chi connectivity index (χ3v) is 5.62. The average Bonchev–Trinajstić information content (AvgIpc) is 2.85. The van der Waals surface area contributed by atoms with Crippen LogP contribution < -0.4 is 19.1 Å². The molecule has 1 saturated heterocycles. The molecular formula is C25H25NO6. The highest BCUT2D eigenvalue weighted by Gasteiger charge is 2.62. The van der Waals surface area contributed by atoms with E-state index in [0.717, 1.165) is 5.56 Å². The lowest BCUT2D eigenvalue weighted by atomic mass is 9.73. The molecule has 1 N–H and O–H groups in total. The summed E-state index contributed by atoms with van der Waals surface area (Å²) in [5, 5.41) is 11.7. The van der Waals surface area contributed by atoms with Crippen molar-refractivity contribution in [3.63, 3.8) is 0 Å². The zero-order valence-electron chi connectivity index (χ0n) is 18.1. The first-order chi connectivity index (χ1) is 15.5. The van der Waals surface area contributed by atoms with Gasteiger partial charge in [0.05, 0.1) is 14.2 Å². The van der Waals surface area contributed by atoms with Gasteiger partial charge in [-0.25, -0.2) is 0 Å². The maximum absolute atomic E-state index is 13.4. The van der Waals surface area contributed by atoms with E-state index in [4.69, 9.17) is 18.9 Å². The Labute approximate surface area is 186 Å². The SMILES string of the molecule is COCOc1ccc(C2(O)C(=O)N(c3ccc(OC)cc3)[C@H]2c2ccc(OC)cc2)cc1. The average molecular weight is 435 g/mol. The molecule has 1 heterocycles. The second-order valence-corrected chi connectivity index (χ2v) is 7.39. The summed E-state index contributed by atoms with van der Waals surface area (Å²) in [5.74, 6) is 1.55. The number of methoxy groups -OCH3 is 3. The highest BCUT2D eigenvalue weighted by atomic mass is 16.7. The molecule has 0 radical (unpaired) electrons. The van der Waals surface area contributed by atoms with Crippen molar-refractivity contribution in [2.75, 3.05) is 33.0 Å². The zero-order valence-corrected chi connectivity index (χ0v) is 18.1. The molecule has 1 aliphatic heterocycles. The fourth-order valence-electron chi connectivity index (χ4n) is 3.94. The predicted octanol–water partition coefficient (Wildman–Crippen LogP) is 3.66. The number of amides is 1. The van der Waals surface area contributed by atoms with Gasteiger partial charge in [0.1, 0.15) is 23.3 Å². The fourth-order valence-corrected chi connectivity index (χ4v) is 3.94. The maximum Gasteiger partial charge on any atom is 0.266 e. The third kappa shape index (κ3) is 3.66. The smallest absolute Gasteiger partial charge is 0.266 e. The van der Waals surface area contributed by atoms with E-state index in [0.29, 0.717) is 28.5 Å². The van der Waals surface area contributed by atoms with Gasteiger partial charge in [0.25, 0.3) is 5.91 Å². The van der Waals surface area contributed by atoms with Crippen molar-refractivity contribution in [2.45, 2.75) is 11.6 Å². The first-order valence-electron chi connectivity index (χ1n) is 10.1. The number of hydrogen-bond donors (Lipinski definition) is 1. The normalized spacial score (nSPS) is 19.9. The van der Waals surface area contributed by atoms with Crippen LogP contribution in [0.1, 0.15) is 17.2 Å². The second kappa shape index (κ2) is 8.90. The predicted molar refractivity (Wildman–Crippen MR) is 119 cm³/mol. The van der Waals surface area contributed by atoms with Gasteiger partial charge < -0.3 is 24.1 Å². The molecule has 166 valence electrons. The Hall–Kier alpha value is -3.55. The number of carbonyl (C=O) groups excluding carboxylic acids is 1. The van der Waals surface area contributed by atoms with E-state index in [1.54, 1.807) is 67.7 Å². The number of nitrogens with zero attached hydrogens (tertiary/aromatic N) is 1. The van der Waals surface area contributed by atoms with Gasteiger partial charge in [0.2, 0.25) is 0 Å². The third-order valence-electron chi connectivity index (χ3n) is 5.62. The van der Waals surface area contributed by atoms with Gasteiger partial charge in [-0.3, -0.25) is 9.69 Å². The lowest BCUT2D eigenvalue weighted by molar-refractivity contribution is -0.155. The first-order valence-corrected chi connectivity index (χ1v) is 10.1. The van der Waals surface area contributed by atoms with Crippen LogP contribution in [0.15, 0.2) is 72.8 Å². The number of hydrogen-bond acceptors (Lipinski definition) is 6. The Morgan fingerprint density at radius 2 is 1.34 bits per heavy atom. The summed E-state index contributed by atoms with van der Waals surface area (Å²) >= 11 is 0. The lowest BCUT2D eigenvalue weighted by Crippen LogP contribution is -2.66. The number of carbonyl (C=O) groups is 1. The molecule has 7 heteroatoms.